The molecule has 2 N–H and O–H groups in total. The molecule has 1 atom stereocenters. The Labute approximate surface area is 114 Å². The van der Waals surface area contributed by atoms with Crippen LogP contribution in [0.4, 0.5) is 4.39 Å². The van der Waals surface area contributed by atoms with E-state index in [2.05, 4.69) is 21.2 Å². The quantitative estimate of drug-likeness (QED) is 0.847. The van der Waals surface area contributed by atoms with Crippen LogP contribution in [0.5, 0.6) is 5.75 Å². The van der Waals surface area contributed by atoms with Crippen LogP contribution >= 0.6 is 15.9 Å². The summed E-state index contributed by atoms with van der Waals surface area (Å²) in [5, 5.41) is 13.4. The number of rotatable bonds is 6. The fourth-order valence-corrected chi connectivity index (χ4v) is 1.99. The van der Waals surface area contributed by atoms with E-state index in [4.69, 9.17) is 4.74 Å². The van der Waals surface area contributed by atoms with E-state index in [1.54, 1.807) is 13.0 Å². The van der Waals surface area contributed by atoms with Crippen molar-refractivity contribution in [2.24, 2.45) is 0 Å². The fraction of sp³-hybridized carbons (Fsp3) is 0.538. The predicted molar refractivity (Wildman–Crippen MR) is 71.2 cm³/mol. The van der Waals surface area contributed by atoms with Crippen molar-refractivity contribution in [1.29, 1.82) is 0 Å². The summed E-state index contributed by atoms with van der Waals surface area (Å²) in [7, 11) is 0. The van der Waals surface area contributed by atoms with Crippen LogP contribution < -0.4 is 10.1 Å². The molecule has 0 aliphatic heterocycles. The number of nitrogens with one attached hydrogen (secondary N) is 1. The Balaban J connectivity index is 1.84. The molecule has 2 rings (SSSR count). The SMILES string of the molecule is CC(O)(CNC1CC1)COc1ccc(F)cc1Br. The van der Waals surface area contributed by atoms with Gasteiger partial charge in [-0.3, -0.25) is 0 Å². The minimum absolute atomic E-state index is 0.164. The Morgan fingerprint density at radius 2 is 2.28 bits per heavy atom. The van der Waals surface area contributed by atoms with Crippen molar-refractivity contribution in [3.05, 3.63) is 28.5 Å². The van der Waals surface area contributed by atoms with Crippen LogP contribution in [0.3, 0.4) is 0 Å². The molecule has 3 nitrogen and oxygen atoms in total. The van der Waals surface area contributed by atoms with Crippen LogP contribution in [-0.4, -0.2) is 29.9 Å². The maximum atomic E-state index is 12.9. The number of ether oxygens (including phenoxy) is 1. The van der Waals surface area contributed by atoms with Gasteiger partial charge in [0.25, 0.3) is 0 Å². The van der Waals surface area contributed by atoms with Crippen LogP contribution in [0.2, 0.25) is 0 Å². The van der Waals surface area contributed by atoms with Crippen molar-refractivity contribution in [1.82, 2.24) is 5.32 Å². The fourth-order valence-electron chi connectivity index (χ4n) is 1.53. The maximum absolute atomic E-state index is 12.9. The molecule has 0 radical (unpaired) electrons. The maximum Gasteiger partial charge on any atom is 0.133 e. The summed E-state index contributed by atoms with van der Waals surface area (Å²) in [4.78, 5) is 0. The molecule has 1 aliphatic rings. The lowest BCUT2D eigenvalue weighted by Gasteiger charge is -2.24. The highest BCUT2D eigenvalue weighted by molar-refractivity contribution is 9.10. The summed E-state index contributed by atoms with van der Waals surface area (Å²) in [5.74, 6) is 0.208. The molecule has 1 unspecified atom stereocenters. The molecule has 0 bridgehead atoms. The predicted octanol–water partition coefficient (Wildman–Crippen LogP) is 2.47. The highest BCUT2D eigenvalue weighted by Crippen LogP contribution is 2.26. The zero-order valence-electron chi connectivity index (χ0n) is 10.2. The lowest BCUT2D eigenvalue weighted by atomic mass is 10.1. The van der Waals surface area contributed by atoms with Crippen molar-refractivity contribution in [3.63, 3.8) is 0 Å². The smallest absolute Gasteiger partial charge is 0.133 e. The van der Waals surface area contributed by atoms with Crippen molar-refractivity contribution in [3.8, 4) is 5.75 Å². The molecule has 1 aromatic rings. The Hall–Kier alpha value is -0.650. The first kappa shape index (κ1) is 13.8. The first-order valence-corrected chi connectivity index (χ1v) is 6.79. The second kappa shape index (κ2) is 5.55. The third-order valence-corrected chi connectivity index (χ3v) is 3.40. The van der Waals surface area contributed by atoms with Gasteiger partial charge < -0.3 is 15.2 Å². The monoisotopic (exact) mass is 317 g/mol. The summed E-state index contributed by atoms with van der Waals surface area (Å²) in [5.41, 5.74) is -0.934. The molecule has 5 heteroatoms. The average molecular weight is 318 g/mol. The topological polar surface area (TPSA) is 41.5 Å². The number of aliphatic hydroxyl groups is 1. The van der Waals surface area contributed by atoms with Crippen LogP contribution in [0.15, 0.2) is 22.7 Å². The van der Waals surface area contributed by atoms with Gasteiger partial charge >= 0.3 is 0 Å². The Morgan fingerprint density at radius 1 is 1.56 bits per heavy atom. The first-order valence-electron chi connectivity index (χ1n) is 6.00. The third kappa shape index (κ3) is 4.23. The molecule has 0 heterocycles. The number of benzene rings is 1. The van der Waals surface area contributed by atoms with E-state index in [0.29, 0.717) is 22.8 Å². The molecule has 0 amide bonds. The normalized spacial score (nSPS) is 18.4. The van der Waals surface area contributed by atoms with Gasteiger partial charge in [0.05, 0.1) is 4.47 Å². The molecule has 100 valence electrons. The first-order chi connectivity index (χ1) is 8.46. The molecule has 1 saturated carbocycles. The minimum atomic E-state index is -0.934. The van der Waals surface area contributed by atoms with Crippen LogP contribution in [0.25, 0.3) is 0 Å². The van der Waals surface area contributed by atoms with E-state index in [1.807, 2.05) is 0 Å². The molecule has 1 aromatic carbocycles. The van der Waals surface area contributed by atoms with Crippen molar-refractivity contribution in [2.45, 2.75) is 31.4 Å². The van der Waals surface area contributed by atoms with E-state index in [0.717, 1.165) is 0 Å². The van der Waals surface area contributed by atoms with E-state index in [-0.39, 0.29) is 12.4 Å². The number of hydrogen-bond donors (Lipinski definition) is 2. The summed E-state index contributed by atoms with van der Waals surface area (Å²) < 4.78 is 18.9. The molecule has 0 spiro atoms. The summed E-state index contributed by atoms with van der Waals surface area (Å²) in [6.07, 6.45) is 2.36. The Morgan fingerprint density at radius 3 is 2.89 bits per heavy atom. The van der Waals surface area contributed by atoms with Crippen LogP contribution in [0, 0.1) is 5.82 Å². The third-order valence-electron chi connectivity index (χ3n) is 2.78. The molecular formula is C13H17BrFNO2. The summed E-state index contributed by atoms with van der Waals surface area (Å²) in [6.45, 7) is 2.38. The van der Waals surface area contributed by atoms with Crippen LogP contribution in [0.1, 0.15) is 19.8 Å². The molecule has 1 aliphatic carbocycles. The molecule has 1 fully saturated rings. The average Bonchev–Trinajstić information content (AvgIpc) is 3.09. The lowest BCUT2D eigenvalue weighted by molar-refractivity contribution is 0.0117. The van der Waals surface area contributed by atoms with Gasteiger partial charge in [0, 0.05) is 12.6 Å². The second-order valence-corrected chi connectivity index (χ2v) is 5.87. The standard InChI is InChI=1S/C13H17BrFNO2/c1-13(17,7-16-10-3-4-10)8-18-12-5-2-9(15)6-11(12)14/h2,5-6,10,16-17H,3-4,7-8H2,1H3. The van der Waals surface area contributed by atoms with Gasteiger partial charge in [-0.05, 0) is 53.9 Å². The number of hydrogen-bond acceptors (Lipinski definition) is 3. The minimum Gasteiger partial charge on any atom is -0.489 e. The Kier molecular flexibility index (Phi) is 4.25. The molecule has 18 heavy (non-hydrogen) atoms. The van der Waals surface area contributed by atoms with E-state index in [1.165, 1.54) is 25.0 Å². The lowest BCUT2D eigenvalue weighted by Crippen LogP contribution is -2.43. The van der Waals surface area contributed by atoms with Crippen molar-refractivity contribution in [2.75, 3.05) is 13.2 Å². The van der Waals surface area contributed by atoms with Gasteiger partial charge in [-0.25, -0.2) is 4.39 Å². The van der Waals surface area contributed by atoms with Gasteiger partial charge in [-0.2, -0.15) is 0 Å². The van der Waals surface area contributed by atoms with Gasteiger partial charge in [-0.1, -0.05) is 0 Å². The van der Waals surface area contributed by atoms with Crippen molar-refractivity contribution >= 4 is 15.9 Å². The second-order valence-electron chi connectivity index (χ2n) is 5.02. The number of halogens is 2. The summed E-state index contributed by atoms with van der Waals surface area (Å²) in [6, 6.07) is 4.77. The summed E-state index contributed by atoms with van der Waals surface area (Å²) >= 11 is 3.22. The largest absolute Gasteiger partial charge is 0.489 e. The molecule has 0 aromatic heterocycles. The zero-order valence-corrected chi connectivity index (χ0v) is 11.8. The highest BCUT2D eigenvalue weighted by atomic mass is 79.9. The van der Waals surface area contributed by atoms with Crippen molar-refractivity contribution < 1.29 is 14.2 Å². The zero-order chi connectivity index (χ0) is 13.2. The van der Waals surface area contributed by atoms with Gasteiger partial charge in [0.2, 0.25) is 0 Å². The molecule has 0 saturated heterocycles. The van der Waals surface area contributed by atoms with Gasteiger partial charge in [-0.15, -0.1) is 0 Å². The Bertz CT molecular complexity index is 421. The van der Waals surface area contributed by atoms with Gasteiger partial charge in [0.15, 0.2) is 0 Å². The van der Waals surface area contributed by atoms with E-state index < -0.39 is 5.60 Å². The van der Waals surface area contributed by atoms with Gasteiger partial charge in [0.1, 0.15) is 23.8 Å². The van der Waals surface area contributed by atoms with E-state index >= 15 is 0 Å². The van der Waals surface area contributed by atoms with E-state index in [9.17, 15) is 9.50 Å². The molecular weight excluding hydrogens is 301 g/mol. The highest BCUT2D eigenvalue weighted by Gasteiger charge is 2.27. The van der Waals surface area contributed by atoms with Crippen LogP contribution in [-0.2, 0) is 0 Å².